The number of nitrogens with zero attached hydrogens (tertiary/aromatic N) is 2. The molecule has 2 rings (SSSR count). The number of hydrogen-bond acceptors (Lipinski definition) is 4. The number of aromatic hydroxyl groups is 2. The first-order valence-corrected chi connectivity index (χ1v) is 6.00. The van der Waals surface area contributed by atoms with Gasteiger partial charge in [-0.25, -0.2) is 0 Å². The van der Waals surface area contributed by atoms with Crippen molar-refractivity contribution in [2.75, 3.05) is 0 Å². The molecule has 2 aromatic rings. The van der Waals surface area contributed by atoms with Gasteiger partial charge in [-0.15, -0.1) is 26.0 Å². The van der Waals surface area contributed by atoms with Gasteiger partial charge in [-0.05, 0) is 12.1 Å². The van der Waals surface area contributed by atoms with Crippen molar-refractivity contribution >= 4 is 23.8 Å². The second-order valence-corrected chi connectivity index (χ2v) is 3.65. The summed E-state index contributed by atoms with van der Waals surface area (Å²) in [5.74, 6) is 0.383. The number of hydrogen-bond donors (Lipinski definition) is 2. The fourth-order valence-electron chi connectivity index (χ4n) is 1.36. The topological polar surface area (TPSA) is 65.2 Å². The van der Waals surface area contributed by atoms with Crippen molar-refractivity contribution in [1.29, 1.82) is 0 Å². The Labute approximate surface area is 166 Å². The molecule has 4 nitrogen and oxygen atoms in total. The van der Waals surface area contributed by atoms with Crippen LogP contribution in [-0.2, 0) is 49.5 Å². The van der Waals surface area contributed by atoms with E-state index in [2.05, 4.69) is 22.4 Å². The maximum atomic E-state index is 9.11. The molecule has 0 amide bonds. The maximum absolute atomic E-state index is 9.11. The minimum absolute atomic E-state index is 0. The number of phenols is 2. The molecule has 0 saturated heterocycles. The van der Waals surface area contributed by atoms with Crippen molar-refractivity contribution < 1.29 is 59.7 Å². The van der Waals surface area contributed by atoms with Crippen LogP contribution in [0.1, 0.15) is 13.8 Å². The van der Waals surface area contributed by atoms with Crippen LogP contribution in [-0.4, -0.2) is 22.6 Å². The standard InChI is InChI=1S/2C8H8NO.Co.Y/c2*1-2-9-7-5-3-4-6-8(7)10;;/h2*3-6,10H,1H3;;/q2*-1;;. The van der Waals surface area contributed by atoms with E-state index in [9.17, 15) is 0 Å². The summed E-state index contributed by atoms with van der Waals surface area (Å²) in [6.07, 6.45) is 5.18. The second-order valence-electron chi connectivity index (χ2n) is 3.65. The minimum atomic E-state index is 0. The van der Waals surface area contributed by atoms with E-state index in [-0.39, 0.29) is 61.0 Å². The monoisotopic (exact) mass is 416 g/mol. The summed E-state index contributed by atoms with van der Waals surface area (Å²) in [7, 11) is 0. The quantitative estimate of drug-likeness (QED) is 0.575. The van der Waals surface area contributed by atoms with Crippen molar-refractivity contribution in [3.63, 3.8) is 0 Å². The first kappa shape index (κ1) is 23.3. The Morgan fingerprint density at radius 3 is 1.32 bits per heavy atom. The molecule has 0 atom stereocenters. The van der Waals surface area contributed by atoms with Gasteiger partial charge in [-0.2, -0.15) is 12.4 Å². The van der Waals surface area contributed by atoms with E-state index in [1.807, 2.05) is 12.1 Å². The van der Waals surface area contributed by atoms with Crippen molar-refractivity contribution in [1.82, 2.24) is 0 Å². The molecule has 0 aromatic heterocycles. The van der Waals surface area contributed by atoms with Gasteiger partial charge >= 0.3 is 0 Å². The van der Waals surface area contributed by atoms with Gasteiger partial charge in [0, 0.05) is 49.5 Å². The van der Waals surface area contributed by atoms with Crippen molar-refractivity contribution in [2.45, 2.75) is 13.8 Å². The van der Waals surface area contributed by atoms with Gasteiger partial charge in [0.05, 0.1) is 11.5 Å². The average molecular weight is 416 g/mol. The summed E-state index contributed by atoms with van der Waals surface area (Å²) in [6.45, 7) is 3.37. The third kappa shape index (κ3) is 8.44. The Kier molecular flexibility index (Phi) is 14.4. The fourth-order valence-corrected chi connectivity index (χ4v) is 1.36. The van der Waals surface area contributed by atoms with E-state index in [0.29, 0.717) is 11.4 Å². The van der Waals surface area contributed by atoms with E-state index in [0.717, 1.165) is 0 Å². The third-order valence-electron chi connectivity index (χ3n) is 2.23. The molecular weight excluding hydrogens is 400 g/mol. The summed E-state index contributed by atoms with van der Waals surface area (Å²) in [5, 5.41) is 18.2. The van der Waals surface area contributed by atoms with Crippen LogP contribution in [0.5, 0.6) is 11.5 Å². The van der Waals surface area contributed by atoms with Crippen molar-refractivity contribution in [2.24, 2.45) is 9.98 Å². The van der Waals surface area contributed by atoms with Gasteiger partial charge in [0.25, 0.3) is 0 Å². The predicted octanol–water partition coefficient (Wildman–Crippen LogP) is 3.98. The Hall–Kier alpha value is -1.01. The van der Waals surface area contributed by atoms with Crippen LogP contribution < -0.4 is 0 Å². The van der Waals surface area contributed by atoms with Gasteiger partial charge in [-0.1, -0.05) is 35.6 Å². The molecule has 0 spiro atoms. The third-order valence-corrected chi connectivity index (χ3v) is 2.23. The Morgan fingerprint density at radius 1 is 0.727 bits per heavy atom. The van der Waals surface area contributed by atoms with Crippen LogP contribution in [0.4, 0.5) is 11.4 Å². The average Bonchev–Trinajstić information content (AvgIpc) is 2.45. The Bertz CT molecular complexity index is 551. The van der Waals surface area contributed by atoms with Gasteiger partial charge in [-0.3, -0.25) is 0 Å². The van der Waals surface area contributed by atoms with Gasteiger partial charge in [0.15, 0.2) is 0 Å². The molecule has 0 fully saturated rings. The molecule has 116 valence electrons. The summed E-state index contributed by atoms with van der Waals surface area (Å²) in [6, 6.07) is 13.8. The maximum Gasteiger partial charge on any atom is 0.0596 e. The number of phenolic OH excluding ortho intramolecular Hbond substituents is 2. The molecule has 6 heteroatoms. The van der Waals surface area contributed by atoms with Crippen molar-refractivity contribution in [3.05, 3.63) is 48.5 Å². The molecule has 2 N–H and O–H groups in total. The molecular formula is C16H16CoN2O2Y-2. The zero-order chi connectivity index (χ0) is 14.8. The number of rotatable bonds is 2. The SMILES string of the molecule is C[C-]=Nc1ccccc1O.C[C-]=Nc1ccccc1O.[Co].[Y]. The first-order chi connectivity index (χ1) is 9.69. The molecule has 0 aliphatic carbocycles. The van der Waals surface area contributed by atoms with Crippen LogP contribution in [0.15, 0.2) is 58.5 Å². The van der Waals surface area contributed by atoms with Crippen LogP contribution in [0, 0.1) is 0 Å². The number of benzene rings is 2. The fraction of sp³-hybridized carbons (Fsp3) is 0.125. The van der Waals surface area contributed by atoms with Crippen LogP contribution in [0.3, 0.4) is 0 Å². The summed E-state index contributed by atoms with van der Waals surface area (Å²) in [5.41, 5.74) is 1.12. The van der Waals surface area contributed by atoms with E-state index in [4.69, 9.17) is 10.2 Å². The van der Waals surface area contributed by atoms with E-state index >= 15 is 0 Å². The summed E-state index contributed by atoms with van der Waals surface area (Å²) >= 11 is 0. The van der Waals surface area contributed by atoms with Crippen LogP contribution in [0.25, 0.3) is 0 Å². The zero-order valence-electron chi connectivity index (χ0n) is 12.3. The van der Waals surface area contributed by atoms with E-state index in [1.165, 1.54) is 0 Å². The largest absolute Gasteiger partial charge is 0.525 e. The summed E-state index contributed by atoms with van der Waals surface area (Å²) in [4.78, 5) is 7.61. The van der Waals surface area contributed by atoms with Crippen LogP contribution >= 0.6 is 0 Å². The predicted molar refractivity (Wildman–Crippen MR) is 81.8 cm³/mol. The van der Waals surface area contributed by atoms with Gasteiger partial charge in [0.1, 0.15) is 0 Å². The Morgan fingerprint density at radius 2 is 1.05 bits per heavy atom. The second kappa shape index (κ2) is 13.6. The molecule has 0 heterocycles. The molecule has 0 unspecified atom stereocenters. The number of aliphatic imine (C=N–C) groups is 2. The normalized spacial score (nSPS) is 9.55. The first-order valence-electron chi connectivity index (χ1n) is 6.00. The molecule has 0 bridgehead atoms. The van der Waals surface area contributed by atoms with Crippen molar-refractivity contribution in [3.8, 4) is 11.5 Å². The zero-order valence-corrected chi connectivity index (χ0v) is 16.2. The summed E-state index contributed by atoms with van der Waals surface area (Å²) < 4.78 is 0. The van der Waals surface area contributed by atoms with Crippen LogP contribution in [0.2, 0.25) is 0 Å². The number of para-hydroxylation sites is 4. The molecule has 22 heavy (non-hydrogen) atoms. The molecule has 0 saturated carbocycles. The molecule has 2 aromatic carbocycles. The van der Waals surface area contributed by atoms with Gasteiger partial charge < -0.3 is 20.2 Å². The molecule has 2 radical (unpaired) electrons. The molecule has 0 aliphatic heterocycles. The van der Waals surface area contributed by atoms with Gasteiger partial charge in [0.2, 0.25) is 0 Å². The van der Waals surface area contributed by atoms with E-state index < -0.39 is 0 Å². The smallest absolute Gasteiger partial charge is 0.0596 e. The minimum Gasteiger partial charge on any atom is -0.525 e. The van der Waals surface area contributed by atoms with E-state index in [1.54, 1.807) is 50.2 Å². The Balaban J connectivity index is 0. The molecule has 0 aliphatic rings.